The summed E-state index contributed by atoms with van der Waals surface area (Å²) in [4.78, 5) is 26.7. The number of nitrogens with one attached hydrogen (secondary N) is 1. The number of hydrogen-bond acceptors (Lipinski definition) is 7. The Bertz CT molecular complexity index is 1610. The first-order valence-electron chi connectivity index (χ1n) is 14.3. The van der Waals surface area contributed by atoms with Gasteiger partial charge in [-0.25, -0.2) is 18.7 Å². The number of aromatic nitrogens is 3. The number of methoxy groups -OCH3 is 1. The lowest BCUT2D eigenvalue weighted by molar-refractivity contribution is 0.0828. The topological polar surface area (TPSA) is 102 Å². The molecule has 2 aromatic heterocycles. The van der Waals surface area contributed by atoms with Crippen molar-refractivity contribution < 1.29 is 18.3 Å². The molecule has 1 saturated carbocycles. The molecule has 0 radical (unpaired) electrons. The predicted molar refractivity (Wildman–Crippen MR) is 159 cm³/mol. The van der Waals surface area contributed by atoms with Crippen LogP contribution in [0.15, 0.2) is 48.9 Å². The number of carbonyl (C=O) groups is 1. The molecule has 0 atom stereocenters. The maximum absolute atomic E-state index is 14.2. The summed E-state index contributed by atoms with van der Waals surface area (Å²) in [6, 6.07) is 9.67. The Hall–Kier alpha value is -4.09. The zero-order valence-corrected chi connectivity index (χ0v) is 23.8. The number of benzene rings is 2. The summed E-state index contributed by atoms with van der Waals surface area (Å²) in [6.07, 6.45) is 7.96. The predicted octanol–water partition coefficient (Wildman–Crippen LogP) is 4.95. The van der Waals surface area contributed by atoms with Crippen molar-refractivity contribution in [3.05, 3.63) is 66.1 Å². The molecule has 1 aliphatic carbocycles. The zero-order chi connectivity index (χ0) is 29.4. The Morgan fingerprint density at radius 1 is 1.02 bits per heavy atom. The van der Waals surface area contributed by atoms with Crippen molar-refractivity contribution in [3.63, 3.8) is 0 Å². The molecule has 6 rings (SSSR count). The van der Waals surface area contributed by atoms with E-state index in [4.69, 9.17) is 10.5 Å². The first kappa shape index (κ1) is 28.0. The summed E-state index contributed by atoms with van der Waals surface area (Å²) >= 11 is 0. The van der Waals surface area contributed by atoms with Gasteiger partial charge in [0.2, 0.25) is 0 Å². The van der Waals surface area contributed by atoms with Crippen LogP contribution in [0.2, 0.25) is 0 Å². The minimum Gasteiger partial charge on any atom is -0.495 e. The van der Waals surface area contributed by atoms with E-state index in [0.717, 1.165) is 80.1 Å². The van der Waals surface area contributed by atoms with Crippen molar-refractivity contribution in [2.45, 2.75) is 37.8 Å². The van der Waals surface area contributed by atoms with Crippen LogP contribution in [0.4, 0.5) is 20.3 Å². The zero-order valence-electron chi connectivity index (χ0n) is 23.8. The van der Waals surface area contributed by atoms with Gasteiger partial charge in [0, 0.05) is 50.0 Å². The van der Waals surface area contributed by atoms with Crippen molar-refractivity contribution in [1.29, 1.82) is 0 Å². The Kier molecular flexibility index (Phi) is 7.78. The van der Waals surface area contributed by atoms with E-state index in [2.05, 4.69) is 42.9 Å². The molecular formula is C31H35F2N7O2. The van der Waals surface area contributed by atoms with Gasteiger partial charge in [-0.05, 0) is 62.6 Å². The maximum Gasteiger partial charge on any atom is 0.258 e. The number of nitrogen functional groups attached to an aromatic ring is 1. The monoisotopic (exact) mass is 575 g/mol. The third-order valence-corrected chi connectivity index (χ3v) is 8.71. The summed E-state index contributed by atoms with van der Waals surface area (Å²) in [5, 5.41) is 3.39. The van der Waals surface area contributed by atoms with Crippen LogP contribution in [0.5, 0.6) is 5.75 Å². The van der Waals surface area contributed by atoms with E-state index in [1.165, 1.54) is 25.6 Å². The Labute approximate surface area is 243 Å². The lowest BCUT2D eigenvalue weighted by Crippen LogP contribution is -2.49. The Balaban J connectivity index is 1.27. The normalized spacial score (nSPS) is 20.1. The summed E-state index contributed by atoms with van der Waals surface area (Å²) in [5.74, 6) is -2.32. The molecule has 1 amide bonds. The molecule has 11 heteroatoms. The molecule has 3 N–H and O–H groups in total. The van der Waals surface area contributed by atoms with Crippen molar-refractivity contribution in [2.24, 2.45) is 0 Å². The molecule has 0 bridgehead atoms. The molecule has 3 heterocycles. The fourth-order valence-electron chi connectivity index (χ4n) is 6.33. The van der Waals surface area contributed by atoms with Gasteiger partial charge in [0.15, 0.2) is 11.6 Å². The molecule has 0 spiro atoms. The van der Waals surface area contributed by atoms with Crippen LogP contribution in [0.1, 0.15) is 42.1 Å². The van der Waals surface area contributed by atoms with Crippen molar-refractivity contribution >= 4 is 28.4 Å². The number of piperazine rings is 1. The lowest BCUT2D eigenvalue weighted by atomic mass is 9.89. The number of amides is 1. The van der Waals surface area contributed by atoms with Gasteiger partial charge in [0.1, 0.15) is 23.5 Å². The van der Waals surface area contributed by atoms with Gasteiger partial charge in [-0.2, -0.15) is 0 Å². The summed E-state index contributed by atoms with van der Waals surface area (Å²) in [7, 11) is 3.67. The number of fused-ring (bicyclic) bond motifs is 1. The van der Waals surface area contributed by atoms with Gasteiger partial charge in [0.25, 0.3) is 5.91 Å². The van der Waals surface area contributed by atoms with Crippen molar-refractivity contribution in [2.75, 3.05) is 51.4 Å². The fraction of sp³-hybridized carbons (Fsp3) is 0.387. The van der Waals surface area contributed by atoms with Crippen LogP contribution >= 0.6 is 0 Å². The van der Waals surface area contributed by atoms with Crippen molar-refractivity contribution in [3.8, 4) is 16.9 Å². The van der Waals surface area contributed by atoms with Gasteiger partial charge in [-0.1, -0.05) is 12.1 Å². The number of anilines is 2. The molecule has 2 fully saturated rings. The maximum atomic E-state index is 14.2. The van der Waals surface area contributed by atoms with E-state index in [9.17, 15) is 13.6 Å². The standard InChI is InChI=1S/C31H35F2N7O2/c1-38-12-14-39(15-13-38)20-7-9-21(10-8-20)40-17-23(27-29(34)35-18-36-30(27)40)19-6-11-25(26(16-19)42-2)37-31(41)22-4-3-5-24(32)28(22)33/h3-6,11,16-18,20-21H,7-10,12-15H2,1-2H3,(H,37,41)(H2,34,35,36). The molecular weight excluding hydrogens is 540 g/mol. The molecule has 2 aromatic carbocycles. The number of rotatable bonds is 6. The first-order chi connectivity index (χ1) is 20.3. The number of ether oxygens (including phenoxy) is 1. The first-order valence-corrected chi connectivity index (χ1v) is 14.3. The van der Waals surface area contributed by atoms with Gasteiger partial charge >= 0.3 is 0 Å². The number of nitrogens with zero attached hydrogens (tertiary/aromatic N) is 5. The van der Waals surface area contributed by atoms with Gasteiger partial charge in [-0.15, -0.1) is 0 Å². The third kappa shape index (κ3) is 5.30. The van der Waals surface area contributed by atoms with Gasteiger partial charge in [-0.3, -0.25) is 9.69 Å². The van der Waals surface area contributed by atoms with Gasteiger partial charge < -0.3 is 25.3 Å². The average Bonchev–Trinajstić information content (AvgIpc) is 3.40. The van der Waals surface area contributed by atoms with E-state index < -0.39 is 23.1 Å². The van der Waals surface area contributed by atoms with E-state index >= 15 is 0 Å². The lowest BCUT2D eigenvalue weighted by Gasteiger charge is -2.41. The van der Waals surface area contributed by atoms with Crippen LogP contribution in [-0.2, 0) is 0 Å². The average molecular weight is 576 g/mol. The highest BCUT2D eigenvalue weighted by Gasteiger charge is 2.30. The van der Waals surface area contributed by atoms with E-state index in [0.29, 0.717) is 29.3 Å². The van der Waals surface area contributed by atoms with Gasteiger partial charge in [0.05, 0.1) is 23.7 Å². The summed E-state index contributed by atoms with van der Waals surface area (Å²) < 4.78 is 35.7. The highest BCUT2D eigenvalue weighted by molar-refractivity contribution is 6.06. The summed E-state index contributed by atoms with van der Waals surface area (Å²) in [5.41, 5.74) is 8.78. The molecule has 9 nitrogen and oxygen atoms in total. The van der Waals surface area contributed by atoms with Crippen LogP contribution < -0.4 is 15.8 Å². The Morgan fingerprint density at radius 3 is 2.50 bits per heavy atom. The van der Waals surface area contributed by atoms with Crippen LogP contribution in [0, 0.1) is 11.6 Å². The quantitative estimate of drug-likeness (QED) is 0.336. The molecule has 1 saturated heterocycles. The number of carbonyl (C=O) groups excluding carboxylic acids is 1. The number of halogens is 2. The van der Waals surface area contributed by atoms with E-state index in [1.807, 2.05) is 6.07 Å². The minimum atomic E-state index is -1.20. The number of nitrogens with two attached hydrogens (primary N) is 1. The van der Waals surface area contributed by atoms with E-state index in [-0.39, 0.29) is 0 Å². The second kappa shape index (κ2) is 11.7. The molecule has 1 aliphatic heterocycles. The van der Waals surface area contributed by atoms with Crippen molar-refractivity contribution in [1.82, 2.24) is 24.3 Å². The van der Waals surface area contributed by atoms with Crippen LogP contribution in [-0.4, -0.2) is 76.6 Å². The molecule has 2 aliphatic rings. The number of likely N-dealkylation sites (N-methyl/N-ethyl adjacent to an activating group) is 1. The van der Waals surface area contributed by atoms with Crippen LogP contribution in [0.25, 0.3) is 22.2 Å². The molecule has 4 aromatic rings. The highest BCUT2D eigenvalue weighted by Crippen LogP contribution is 2.40. The smallest absolute Gasteiger partial charge is 0.258 e. The second-order valence-electron chi connectivity index (χ2n) is 11.2. The fourth-order valence-corrected chi connectivity index (χ4v) is 6.33. The van der Waals surface area contributed by atoms with E-state index in [1.54, 1.807) is 12.1 Å². The second-order valence-corrected chi connectivity index (χ2v) is 11.2. The molecule has 220 valence electrons. The largest absolute Gasteiger partial charge is 0.495 e. The third-order valence-electron chi connectivity index (χ3n) is 8.71. The SMILES string of the molecule is COc1cc(-c2cn(C3CCC(N4CCN(C)CC4)CC3)c3ncnc(N)c23)ccc1NC(=O)c1cccc(F)c1F. The number of hydrogen-bond donors (Lipinski definition) is 2. The minimum absolute atomic E-state index is 0.292. The highest BCUT2D eigenvalue weighted by atomic mass is 19.2. The van der Waals surface area contributed by atoms with Crippen LogP contribution in [0.3, 0.4) is 0 Å². The molecule has 0 unspecified atom stereocenters. The summed E-state index contributed by atoms with van der Waals surface area (Å²) in [6.45, 7) is 4.49. The molecule has 42 heavy (non-hydrogen) atoms. The Morgan fingerprint density at radius 2 is 1.76 bits per heavy atom.